The molecule has 2 heterocycles. The lowest BCUT2D eigenvalue weighted by Crippen LogP contribution is -2.23. The molecule has 2 aromatic heterocycles. The van der Waals surface area contributed by atoms with Crippen LogP contribution in [0.1, 0.15) is 10.4 Å². The van der Waals surface area contributed by atoms with Gasteiger partial charge in [-0.3, -0.25) is 9.59 Å². The van der Waals surface area contributed by atoms with Gasteiger partial charge in [-0.2, -0.15) is 4.98 Å². The first-order valence-corrected chi connectivity index (χ1v) is 7.70. The number of aromatic nitrogens is 3. The Morgan fingerprint density at radius 2 is 2.04 bits per heavy atom. The van der Waals surface area contributed by atoms with E-state index in [2.05, 4.69) is 25.6 Å². The number of carbonyl (C=O) groups is 2. The van der Waals surface area contributed by atoms with Crippen molar-refractivity contribution in [1.82, 2.24) is 15.0 Å². The number of hydrogen-bond acceptors (Lipinski definition) is 8. The van der Waals surface area contributed by atoms with Crippen LogP contribution in [-0.4, -0.2) is 33.3 Å². The van der Waals surface area contributed by atoms with E-state index in [0.29, 0.717) is 5.69 Å². The van der Waals surface area contributed by atoms with Gasteiger partial charge in [-0.1, -0.05) is 0 Å². The SMILES string of the molecule is NC(=O)CNc1ncc(C(N)=O)c(Nc2ccc3ncsc3c2)n1. The van der Waals surface area contributed by atoms with Crippen molar-refractivity contribution in [1.29, 1.82) is 0 Å². The predicted octanol–water partition coefficient (Wildman–Crippen LogP) is 0.826. The predicted molar refractivity (Wildman–Crippen MR) is 91.1 cm³/mol. The summed E-state index contributed by atoms with van der Waals surface area (Å²) in [6.45, 7) is -0.123. The van der Waals surface area contributed by atoms with Crippen LogP contribution < -0.4 is 22.1 Å². The van der Waals surface area contributed by atoms with Gasteiger partial charge in [-0.25, -0.2) is 9.97 Å². The molecule has 0 bridgehead atoms. The van der Waals surface area contributed by atoms with E-state index in [1.54, 1.807) is 5.51 Å². The summed E-state index contributed by atoms with van der Waals surface area (Å²) in [7, 11) is 0. The summed E-state index contributed by atoms with van der Waals surface area (Å²) in [6, 6.07) is 5.55. The van der Waals surface area contributed by atoms with Gasteiger partial charge < -0.3 is 22.1 Å². The molecule has 3 aromatic rings. The highest BCUT2D eigenvalue weighted by Crippen LogP contribution is 2.25. The second-order valence-corrected chi connectivity index (χ2v) is 5.69. The van der Waals surface area contributed by atoms with Gasteiger partial charge in [0.2, 0.25) is 11.9 Å². The summed E-state index contributed by atoms with van der Waals surface area (Å²) in [5.74, 6) is -0.839. The second kappa shape index (κ2) is 6.46. The Kier molecular flexibility index (Phi) is 4.20. The molecule has 0 aliphatic carbocycles. The molecule has 0 saturated heterocycles. The van der Waals surface area contributed by atoms with Gasteiger partial charge >= 0.3 is 0 Å². The molecule has 0 radical (unpaired) electrons. The first-order valence-electron chi connectivity index (χ1n) is 6.82. The lowest BCUT2D eigenvalue weighted by Gasteiger charge is -2.11. The van der Waals surface area contributed by atoms with Crippen LogP contribution in [0.25, 0.3) is 10.2 Å². The van der Waals surface area contributed by atoms with Crippen LogP contribution in [0.15, 0.2) is 29.9 Å². The maximum atomic E-state index is 11.6. The molecular formula is C14H13N7O2S. The van der Waals surface area contributed by atoms with Gasteiger partial charge in [0.15, 0.2) is 0 Å². The number of rotatable bonds is 6. The Balaban J connectivity index is 1.92. The number of nitrogens with zero attached hydrogens (tertiary/aromatic N) is 3. The van der Waals surface area contributed by atoms with E-state index in [9.17, 15) is 9.59 Å². The van der Waals surface area contributed by atoms with Crippen LogP contribution in [-0.2, 0) is 4.79 Å². The standard InChI is InChI=1S/C14H13N7O2S/c15-11(22)5-18-14-17-4-8(12(16)23)13(21-14)20-7-1-2-9-10(3-7)24-6-19-9/h1-4,6H,5H2,(H2,15,22)(H2,16,23)(H2,17,18,20,21). The largest absolute Gasteiger partial charge is 0.368 e. The molecule has 9 nitrogen and oxygen atoms in total. The lowest BCUT2D eigenvalue weighted by molar-refractivity contribution is -0.116. The maximum absolute atomic E-state index is 11.6. The molecule has 0 saturated carbocycles. The molecule has 0 aliphatic rings. The molecule has 0 aliphatic heterocycles. The molecule has 0 unspecified atom stereocenters. The number of amides is 2. The summed E-state index contributed by atoms with van der Waals surface area (Å²) < 4.78 is 0.988. The summed E-state index contributed by atoms with van der Waals surface area (Å²) in [5.41, 5.74) is 13.9. The number of thiazole rings is 1. The highest BCUT2D eigenvalue weighted by molar-refractivity contribution is 7.16. The Labute approximate surface area is 140 Å². The summed E-state index contributed by atoms with van der Waals surface area (Å²) in [4.78, 5) is 34.7. The van der Waals surface area contributed by atoms with E-state index in [0.717, 1.165) is 10.2 Å². The zero-order chi connectivity index (χ0) is 17.1. The van der Waals surface area contributed by atoms with Crippen LogP contribution in [0.5, 0.6) is 0 Å². The summed E-state index contributed by atoms with van der Waals surface area (Å²) in [5, 5.41) is 5.70. The van der Waals surface area contributed by atoms with Crippen molar-refractivity contribution in [2.45, 2.75) is 0 Å². The van der Waals surface area contributed by atoms with Crippen molar-refractivity contribution in [3.05, 3.63) is 35.5 Å². The molecule has 10 heteroatoms. The number of primary amides is 2. The smallest absolute Gasteiger partial charge is 0.254 e. The van der Waals surface area contributed by atoms with E-state index in [4.69, 9.17) is 11.5 Å². The normalized spacial score (nSPS) is 10.5. The third-order valence-electron chi connectivity index (χ3n) is 3.07. The molecule has 0 spiro atoms. The summed E-state index contributed by atoms with van der Waals surface area (Å²) >= 11 is 1.50. The minimum absolute atomic E-state index is 0.123. The molecular weight excluding hydrogens is 330 g/mol. The molecule has 3 rings (SSSR count). The van der Waals surface area contributed by atoms with Gasteiger partial charge in [0, 0.05) is 11.9 Å². The van der Waals surface area contributed by atoms with Gasteiger partial charge in [0.05, 0.1) is 22.3 Å². The molecule has 0 atom stereocenters. The third kappa shape index (κ3) is 3.38. The second-order valence-electron chi connectivity index (χ2n) is 4.80. The number of anilines is 3. The molecule has 122 valence electrons. The average molecular weight is 343 g/mol. The van der Waals surface area contributed by atoms with Crippen LogP contribution >= 0.6 is 11.3 Å². The minimum Gasteiger partial charge on any atom is -0.368 e. The van der Waals surface area contributed by atoms with Crippen LogP contribution in [0.2, 0.25) is 0 Å². The molecule has 1 aromatic carbocycles. The fraction of sp³-hybridized carbons (Fsp3) is 0.0714. The van der Waals surface area contributed by atoms with Crippen molar-refractivity contribution >= 4 is 50.8 Å². The van der Waals surface area contributed by atoms with E-state index >= 15 is 0 Å². The van der Waals surface area contributed by atoms with Crippen molar-refractivity contribution in [3.63, 3.8) is 0 Å². The number of fused-ring (bicyclic) bond motifs is 1. The van der Waals surface area contributed by atoms with Crippen molar-refractivity contribution in [2.75, 3.05) is 17.2 Å². The molecule has 24 heavy (non-hydrogen) atoms. The minimum atomic E-state index is -0.669. The highest BCUT2D eigenvalue weighted by atomic mass is 32.1. The van der Waals surface area contributed by atoms with Crippen LogP contribution in [0.3, 0.4) is 0 Å². The fourth-order valence-corrected chi connectivity index (χ4v) is 2.69. The van der Waals surface area contributed by atoms with E-state index in [1.807, 2.05) is 18.2 Å². The maximum Gasteiger partial charge on any atom is 0.254 e. The third-order valence-corrected chi connectivity index (χ3v) is 3.86. The summed E-state index contributed by atoms with van der Waals surface area (Å²) in [6.07, 6.45) is 1.28. The lowest BCUT2D eigenvalue weighted by atomic mass is 10.2. The molecule has 0 fully saturated rings. The average Bonchev–Trinajstić information content (AvgIpc) is 3.00. The Morgan fingerprint density at radius 3 is 2.79 bits per heavy atom. The Bertz CT molecular complexity index is 924. The number of benzene rings is 1. The number of carbonyl (C=O) groups excluding carboxylic acids is 2. The zero-order valence-electron chi connectivity index (χ0n) is 12.3. The van der Waals surface area contributed by atoms with Crippen LogP contribution in [0, 0.1) is 0 Å². The number of nitrogens with two attached hydrogens (primary N) is 2. The topological polar surface area (TPSA) is 149 Å². The highest BCUT2D eigenvalue weighted by Gasteiger charge is 2.13. The van der Waals surface area contributed by atoms with E-state index in [-0.39, 0.29) is 23.9 Å². The first kappa shape index (κ1) is 15.6. The van der Waals surface area contributed by atoms with Crippen molar-refractivity contribution in [2.24, 2.45) is 11.5 Å². The number of nitrogens with one attached hydrogen (secondary N) is 2. The Hall–Kier alpha value is -3.27. The first-order chi connectivity index (χ1) is 11.5. The Morgan fingerprint density at radius 1 is 1.21 bits per heavy atom. The number of hydrogen-bond donors (Lipinski definition) is 4. The van der Waals surface area contributed by atoms with E-state index < -0.39 is 11.8 Å². The fourth-order valence-electron chi connectivity index (χ4n) is 1.98. The molecule has 6 N–H and O–H groups in total. The van der Waals surface area contributed by atoms with Crippen LogP contribution in [0.4, 0.5) is 17.5 Å². The van der Waals surface area contributed by atoms with Crippen molar-refractivity contribution < 1.29 is 9.59 Å². The zero-order valence-corrected chi connectivity index (χ0v) is 13.1. The van der Waals surface area contributed by atoms with Gasteiger partial charge in [-0.15, -0.1) is 11.3 Å². The van der Waals surface area contributed by atoms with Gasteiger partial charge in [-0.05, 0) is 18.2 Å². The van der Waals surface area contributed by atoms with E-state index in [1.165, 1.54) is 17.5 Å². The van der Waals surface area contributed by atoms with Gasteiger partial charge in [0.1, 0.15) is 11.4 Å². The van der Waals surface area contributed by atoms with Gasteiger partial charge in [0.25, 0.3) is 5.91 Å². The monoisotopic (exact) mass is 343 g/mol. The van der Waals surface area contributed by atoms with Crippen molar-refractivity contribution in [3.8, 4) is 0 Å². The molecule has 2 amide bonds. The quantitative estimate of drug-likeness (QED) is 0.517.